The van der Waals surface area contributed by atoms with Gasteiger partial charge in [-0.2, -0.15) is 12.6 Å². The van der Waals surface area contributed by atoms with E-state index in [9.17, 15) is 14.4 Å². The van der Waals surface area contributed by atoms with Gasteiger partial charge in [0.15, 0.2) is 0 Å². The Kier molecular flexibility index (Phi) is 5.31. The Morgan fingerprint density at radius 2 is 2.00 bits per heavy atom. The van der Waals surface area contributed by atoms with Crippen LogP contribution < -0.4 is 5.73 Å². The Hall–Kier alpha value is -0.880. The van der Waals surface area contributed by atoms with Gasteiger partial charge in [0.25, 0.3) is 0 Å². The first-order valence-corrected chi connectivity index (χ1v) is 3.88. The molecule has 0 aliphatic rings. The predicted molar refractivity (Wildman–Crippen MR) is 45.7 cm³/mol. The lowest BCUT2D eigenvalue weighted by molar-refractivity contribution is -0.143. The van der Waals surface area contributed by atoms with Crippen molar-refractivity contribution in [1.82, 2.24) is 4.90 Å². The van der Waals surface area contributed by atoms with Crippen molar-refractivity contribution in [1.29, 1.82) is 0 Å². The molecule has 12 heavy (non-hydrogen) atoms. The molecule has 0 rings (SSSR count). The smallest absolute Gasteiger partial charge is 0.243 e. The fourth-order valence-corrected chi connectivity index (χ4v) is 0.784. The maximum Gasteiger partial charge on any atom is 0.243 e. The monoisotopic (exact) mass is 190 g/mol. The van der Waals surface area contributed by atoms with E-state index in [-0.39, 0.29) is 18.8 Å². The molecule has 0 radical (unpaired) electrons. The summed E-state index contributed by atoms with van der Waals surface area (Å²) in [7, 11) is 0. The molecule has 0 saturated heterocycles. The van der Waals surface area contributed by atoms with Gasteiger partial charge in [-0.15, -0.1) is 0 Å². The van der Waals surface area contributed by atoms with Gasteiger partial charge < -0.3 is 10.5 Å². The van der Waals surface area contributed by atoms with Crippen LogP contribution in [-0.4, -0.2) is 41.8 Å². The zero-order chi connectivity index (χ0) is 9.56. The summed E-state index contributed by atoms with van der Waals surface area (Å²) < 4.78 is 0. The van der Waals surface area contributed by atoms with Crippen LogP contribution in [0.1, 0.15) is 0 Å². The second-order valence-electron chi connectivity index (χ2n) is 1.93. The summed E-state index contributed by atoms with van der Waals surface area (Å²) in [5, 5.41) is 0. The average Bonchev–Trinajstić information content (AvgIpc) is 2.11. The summed E-state index contributed by atoms with van der Waals surface area (Å²) in [6.07, 6.45) is 0.467. The van der Waals surface area contributed by atoms with Crippen LogP contribution in [-0.2, 0) is 14.4 Å². The van der Waals surface area contributed by atoms with E-state index < -0.39 is 11.8 Å². The number of carbonyl (C=O) groups is 3. The Labute approximate surface area is 75.3 Å². The largest absolute Gasteiger partial charge is 0.322 e. The molecule has 2 N–H and O–H groups in total. The van der Waals surface area contributed by atoms with Crippen molar-refractivity contribution >= 4 is 30.7 Å². The van der Waals surface area contributed by atoms with Crippen LogP contribution in [0.2, 0.25) is 0 Å². The number of thiol groups is 1. The van der Waals surface area contributed by atoms with Crippen LogP contribution in [0.15, 0.2) is 0 Å². The summed E-state index contributed by atoms with van der Waals surface area (Å²) in [5.41, 5.74) is 5.01. The molecule has 0 aromatic heterocycles. The van der Waals surface area contributed by atoms with Gasteiger partial charge in [-0.1, -0.05) is 0 Å². The van der Waals surface area contributed by atoms with Gasteiger partial charge in [-0.3, -0.25) is 14.5 Å². The molecular formula is C6H10N2O3S. The number of nitrogens with zero attached hydrogens (tertiary/aromatic N) is 1. The second-order valence-corrected chi connectivity index (χ2v) is 2.24. The molecule has 0 aliphatic heterocycles. The minimum Gasteiger partial charge on any atom is -0.322 e. The lowest BCUT2D eigenvalue weighted by Crippen LogP contribution is -2.42. The van der Waals surface area contributed by atoms with Crippen molar-refractivity contribution < 1.29 is 14.4 Å². The summed E-state index contributed by atoms with van der Waals surface area (Å²) in [6, 6.07) is 0. The van der Waals surface area contributed by atoms with Crippen molar-refractivity contribution in [3.05, 3.63) is 0 Å². The van der Waals surface area contributed by atoms with E-state index in [0.717, 1.165) is 4.90 Å². The van der Waals surface area contributed by atoms with Gasteiger partial charge in [-0.25, -0.2) is 0 Å². The van der Waals surface area contributed by atoms with Gasteiger partial charge in [0.2, 0.25) is 11.8 Å². The van der Waals surface area contributed by atoms with E-state index in [0.29, 0.717) is 6.29 Å². The van der Waals surface area contributed by atoms with Gasteiger partial charge in [0.05, 0.1) is 18.8 Å². The van der Waals surface area contributed by atoms with Crippen LogP contribution in [0.5, 0.6) is 0 Å². The van der Waals surface area contributed by atoms with Crippen LogP contribution in [0.3, 0.4) is 0 Å². The van der Waals surface area contributed by atoms with Crippen LogP contribution in [0.25, 0.3) is 0 Å². The van der Waals surface area contributed by atoms with Crippen LogP contribution in [0, 0.1) is 0 Å². The highest BCUT2D eigenvalue weighted by molar-refractivity contribution is 7.81. The van der Waals surface area contributed by atoms with Crippen molar-refractivity contribution in [2.75, 3.05) is 18.8 Å². The molecule has 6 heteroatoms. The first-order valence-electron chi connectivity index (χ1n) is 3.25. The Bertz CT molecular complexity index is 179. The molecule has 0 heterocycles. The standard InChI is InChI=1S/C6H10N2O3S/c7-3-5(10)8(1-2-9)6(11)4-12/h2,12H,1,3-4,7H2. The lowest BCUT2D eigenvalue weighted by Gasteiger charge is -2.15. The fraction of sp³-hybridized carbons (Fsp3) is 0.500. The van der Waals surface area contributed by atoms with E-state index in [1.165, 1.54) is 0 Å². The number of rotatable bonds is 4. The van der Waals surface area contributed by atoms with Gasteiger partial charge in [0.1, 0.15) is 6.29 Å². The zero-order valence-corrected chi connectivity index (χ0v) is 7.29. The van der Waals surface area contributed by atoms with E-state index >= 15 is 0 Å². The van der Waals surface area contributed by atoms with Crippen LogP contribution in [0.4, 0.5) is 0 Å². The Morgan fingerprint density at radius 3 is 2.33 bits per heavy atom. The minimum absolute atomic E-state index is 0.112. The van der Waals surface area contributed by atoms with Crippen molar-refractivity contribution in [2.45, 2.75) is 0 Å². The van der Waals surface area contributed by atoms with E-state index in [2.05, 4.69) is 12.6 Å². The molecule has 0 atom stereocenters. The molecule has 2 amide bonds. The molecule has 0 aromatic carbocycles. The van der Waals surface area contributed by atoms with Crippen molar-refractivity contribution in [3.8, 4) is 0 Å². The lowest BCUT2D eigenvalue weighted by atomic mass is 10.4. The number of nitrogens with two attached hydrogens (primary N) is 1. The van der Waals surface area contributed by atoms with Gasteiger partial charge in [-0.05, 0) is 0 Å². The minimum atomic E-state index is -0.568. The van der Waals surface area contributed by atoms with E-state index in [1.807, 2.05) is 0 Å². The first-order chi connectivity index (χ1) is 5.67. The SMILES string of the molecule is NCC(=O)N(CC=O)C(=O)CS. The molecule has 0 aliphatic carbocycles. The first kappa shape index (κ1) is 11.1. The fourth-order valence-electron chi connectivity index (χ4n) is 0.613. The average molecular weight is 190 g/mol. The third-order valence-electron chi connectivity index (χ3n) is 1.17. The molecule has 0 fully saturated rings. The third-order valence-corrected chi connectivity index (χ3v) is 1.44. The number of hydrogen-bond acceptors (Lipinski definition) is 5. The van der Waals surface area contributed by atoms with Gasteiger partial charge in [0, 0.05) is 0 Å². The van der Waals surface area contributed by atoms with Crippen molar-refractivity contribution in [2.24, 2.45) is 5.73 Å². The summed E-state index contributed by atoms with van der Waals surface area (Å²) >= 11 is 3.68. The highest BCUT2D eigenvalue weighted by atomic mass is 32.1. The number of aldehydes is 1. The van der Waals surface area contributed by atoms with Crippen molar-refractivity contribution in [3.63, 3.8) is 0 Å². The predicted octanol–water partition coefficient (Wildman–Crippen LogP) is -1.57. The van der Waals surface area contributed by atoms with Crippen LogP contribution >= 0.6 is 12.6 Å². The third kappa shape index (κ3) is 3.02. The number of imide groups is 1. The number of amides is 2. The molecule has 0 unspecified atom stereocenters. The summed E-state index contributed by atoms with van der Waals surface area (Å²) in [5.74, 6) is -1.19. The second kappa shape index (κ2) is 5.73. The summed E-state index contributed by atoms with van der Waals surface area (Å²) in [6.45, 7) is -0.539. The topological polar surface area (TPSA) is 80.5 Å². The van der Waals surface area contributed by atoms with E-state index in [4.69, 9.17) is 5.73 Å². The summed E-state index contributed by atoms with van der Waals surface area (Å²) in [4.78, 5) is 32.6. The molecule has 0 saturated carbocycles. The van der Waals surface area contributed by atoms with Gasteiger partial charge >= 0.3 is 0 Å². The molecule has 0 aromatic rings. The highest BCUT2D eigenvalue weighted by Crippen LogP contribution is 1.91. The zero-order valence-electron chi connectivity index (χ0n) is 6.40. The molecule has 0 bridgehead atoms. The Morgan fingerprint density at radius 1 is 1.42 bits per heavy atom. The maximum absolute atomic E-state index is 10.9. The molecular weight excluding hydrogens is 180 g/mol. The van der Waals surface area contributed by atoms with E-state index in [1.54, 1.807) is 0 Å². The maximum atomic E-state index is 10.9. The highest BCUT2D eigenvalue weighted by Gasteiger charge is 2.17. The quantitative estimate of drug-likeness (QED) is 0.414. The number of carbonyl (C=O) groups excluding carboxylic acids is 3. The molecule has 0 spiro atoms. The molecule has 68 valence electrons. The Balaban J connectivity index is 4.31. The number of hydrogen-bond donors (Lipinski definition) is 2. The normalized spacial score (nSPS) is 9.17. The molecule has 5 nitrogen and oxygen atoms in total.